The molecule has 1 rings (SSSR count). The van der Waals surface area contributed by atoms with Crippen LogP contribution in [0.1, 0.15) is 78.2 Å². The highest BCUT2D eigenvalue weighted by atomic mass is 31.2. The van der Waals surface area contributed by atoms with Crippen molar-refractivity contribution < 1.29 is 9.47 Å². The summed E-state index contributed by atoms with van der Waals surface area (Å²) in [6.07, 6.45) is 20.3. The molecule has 3 heteroatoms. The van der Waals surface area contributed by atoms with Gasteiger partial charge in [0, 0.05) is 13.9 Å². The zero-order valence-electron chi connectivity index (χ0n) is 20.5. The molecule has 0 fully saturated rings. The molecule has 0 aromatic heterocycles. The number of ether oxygens (including phenoxy) is 2. The Bertz CT molecular complexity index is 531. The summed E-state index contributed by atoms with van der Waals surface area (Å²) in [4.78, 5) is 0. The van der Waals surface area contributed by atoms with Gasteiger partial charge in [-0.25, -0.2) is 0 Å². The van der Waals surface area contributed by atoms with Gasteiger partial charge in [-0.15, -0.1) is 0 Å². The van der Waals surface area contributed by atoms with Gasteiger partial charge in [-0.3, -0.25) is 0 Å². The molecule has 0 saturated carbocycles. The van der Waals surface area contributed by atoms with Crippen LogP contribution in [-0.2, 0) is 11.3 Å². The molecule has 0 N–H and O–H groups in total. The Morgan fingerprint density at radius 1 is 0.900 bits per heavy atom. The molecule has 0 aliphatic carbocycles. The van der Waals surface area contributed by atoms with Gasteiger partial charge in [-0.1, -0.05) is 71.2 Å². The SMILES string of the molecule is CCCC[P+](C/C=C\[C@H](C)CCOCc1ccc(OC)cc1)(CCCC)CCCC. The summed E-state index contributed by atoms with van der Waals surface area (Å²) in [7, 11) is 0.889. The Balaban J connectivity index is 2.44. The Labute approximate surface area is 188 Å². The van der Waals surface area contributed by atoms with Crippen molar-refractivity contribution in [2.45, 2.75) is 79.2 Å². The molecule has 1 aromatic rings. The molecule has 1 aromatic carbocycles. The molecule has 0 aliphatic heterocycles. The number of benzene rings is 1. The maximum Gasteiger partial charge on any atom is 0.118 e. The molecule has 172 valence electrons. The van der Waals surface area contributed by atoms with Crippen LogP contribution in [0.2, 0.25) is 0 Å². The Morgan fingerprint density at radius 3 is 1.97 bits per heavy atom. The van der Waals surface area contributed by atoms with Crippen LogP contribution in [0.3, 0.4) is 0 Å². The van der Waals surface area contributed by atoms with Crippen molar-refractivity contribution in [1.82, 2.24) is 0 Å². The van der Waals surface area contributed by atoms with E-state index in [1.54, 1.807) is 7.11 Å². The van der Waals surface area contributed by atoms with Crippen molar-refractivity contribution in [3.63, 3.8) is 0 Å². The highest BCUT2D eigenvalue weighted by Crippen LogP contribution is 2.60. The van der Waals surface area contributed by atoms with Gasteiger partial charge < -0.3 is 9.47 Å². The molecule has 0 radical (unpaired) electrons. The van der Waals surface area contributed by atoms with Crippen molar-refractivity contribution in [3.05, 3.63) is 42.0 Å². The fourth-order valence-electron chi connectivity index (χ4n) is 3.88. The van der Waals surface area contributed by atoms with Gasteiger partial charge in [0.2, 0.25) is 0 Å². The second kappa shape index (κ2) is 16.8. The van der Waals surface area contributed by atoms with Crippen molar-refractivity contribution in [2.24, 2.45) is 5.92 Å². The van der Waals surface area contributed by atoms with Crippen molar-refractivity contribution in [2.75, 3.05) is 38.4 Å². The monoisotopic (exact) mass is 435 g/mol. The van der Waals surface area contributed by atoms with E-state index in [0.717, 1.165) is 18.8 Å². The summed E-state index contributed by atoms with van der Waals surface area (Å²) < 4.78 is 11.1. The number of hydrogen-bond acceptors (Lipinski definition) is 2. The van der Waals surface area contributed by atoms with E-state index < -0.39 is 7.26 Å². The predicted molar refractivity (Wildman–Crippen MR) is 137 cm³/mol. The third-order valence-corrected chi connectivity index (χ3v) is 10.8. The van der Waals surface area contributed by atoms with Crippen LogP contribution in [0.4, 0.5) is 0 Å². The fourth-order valence-corrected chi connectivity index (χ4v) is 8.63. The fraction of sp³-hybridized carbons (Fsp3) is 0.704. The maximum absolute atomic E-state index is 5.90. The van der Waals surface area contributed by atoms with E-state index >= 15 is 0 Å². The molecule has 0 bridgehead atoms. The average molecular weight is 436 g/mol. The molecule has 0 saturated heterocycles. The van der Waals surface area contributed by atoms with Crippen LogP contribution in [0.5, 0.6) is 5.75 Å². The molecule has 30 heavy (non-hydrogen) atoms. The summed E-state index contributed by atoms with van der Waals surface area (Å²) in [5, 5.41) is 0. The van der Waals surface area contributed by atoms with Crippen LogP contribution in [0.15, 0.2) is 36.4 Å². The molecule has 0 amide bonds. The van der Waals surface area contributed by atoms with E-state index in [1.165, 1.54) is 68.7 Å². The quantitative estimate of drug-likeness (QED) is 0.131. The number of methoxy groups -OCH3 is 1. The van der Waals surface area contributed by atoms with E-state index in [1.807, 2.05) is 12.1 Å². The minimum absolute atomic E-state index is 0.589. The predicted octanol–water partition coefficient (Wildman–Crippen LogP) is 8.21. The lowest BCUT2D eigenvalue weighted by Crippen LogP contribution is -2.12. The average Bonchev–Trinajstić information content (AvgIpc) is 2.77. The highest BCUT2D eigenvalue weighted by Gasteiger charge is 2.33. The first-order valence-electron chi connectivity index (χ1n) is 12.3. The lowest BCUT2D eigenvalue weighted by Gasteiger charge is -2.27. The molecular formula is C27H48O2P+. The van der Waals surface area contributed by atoms with E-state index in [-0.39, 0.29) is 0 Å². The summed E-state index contributed by atoms with van der Waals surface area (Å²) in [6, 6.07) is 8.15. The van der Waals surface area contributed by atoms with Gasteiger partial charge in [0.15, 0.2) is 0 Å². The minimum atomic E-state index is -0.809. The van der Waals surface area contributed by atoms with Crippen molar-refractivity contribution >= 4 is 7.26 Å². The van der Waals surface area contributed by atoms with Gasteiger partial charge in [0.25, 0.3) is 0 Å². The first-order valence-corrected chi connectivity index (χ1v) is 14.8. The first-order chi connectivity index (χ1) is 14.6. The van der Waals surface area contributed by atoms with Gasteiger partial charge in [-0.05, 0) is 49.3 Å². The van der Waals surface area contributed by atoms with Gasteiger partial charge in [0.05, 0.1) is 38.4 Å². The molecule has 0 aliphatic rings. The lowest BCUT2D eigenvalue weighted by molar-refractivity contribution is 0.113. The Kier molecular flexibility index (Phi) is 15.2. The highest BCUT2D eigenvalue weighted by molar-refractivity contribution is 7.76. The molecule has 0 heterocycles. The van der Waals surface area contributed by atoms with Crippen LogP contribution in [-0.4, -0.2) is 38.4 Å². The molecule has 1 atom stereocenters. The number of unbranched alkanes of at least 4 members (excludes halogenated alkanes) is 3. The van der Waals surface area contributed by atoms with Gasteiger partial charge >= 0.3 is 0 Å². The lowest BCUT2D eigenvalue weighted by atomic mass is 10.1. The number of rotatable bonds is 18. The zero-order chi connectivity index (χ0) is 22.1. The van der Waals surface area contributed by atoms with Crippen molar-refractivity contribution in [3.8, 4) is 5.75 Å². The topological polar surface area (TPSA) is 18.5 Å². The van der Waals surface area contributed by atoms with E-state index in [2.05, 4.69) is 52.0 Å². The molecule has 0 spiro atoms. The van der Waals surface area contributed by atoms with Crippen LogP contribution < -0.4 is 4.74 Å². The Morgan fingerprint density at radius 2 is 1.47 bits per heavy atom. The largest absolute Gasteiger partial charge is 0.497 e. The van der Waals surface area contributed by atoms with E-state index in [0.29, 0.717) is 12.5 Å². The van der Waals surface area contributed by atoms with E-state index in [9.17, 15) is 0 Å². The summed E-state index contributed by atoms with van der Waals surface area (Å²) >= 11 is 0. The normalized spacial score (nSPS) is 13.1. The zero-order valence-corrected chi connectivity index (χ0v) is 21.4. The summed E-state index contributed by atoms with van der Waals surface area (Å²) in [6.45, 7) is 10.9. The molecule has 2 nitrogen and oxygen atoms in total. The third-order valence-electron chi connectivity index (χ3n) is 6.06. The maximum atomic E-state index is 5.90. The Hall–Kier alpha value is -0.850. The van der Waals surface area contributed by atoms with Crippen LogP contribution in [0.25, 0.3) is 0 Å². The smallest absolute Gasteiger partial charge is 0.118 e. The van der Waals surface area contributed by atoms with Crippen LogP contribution in [0, 0.1) is 5.92 Å². The number of hydrogen-bond donors (Lipinski definition) is 0. The van der Waals surface area contributed by atoms with Crippen molar-refractivity contribution in [1.29, 1.82) is 0 Å². The summed E-state index contributed by atoms with van der Waals surface area (Å²) in [5.74, 6) is 1.49. The second-order valence-electron chi connectivity index (χ2n) is 8.85. The van der Waals surface area contributed by atoms with E-state index in [4.69, 9.17) is 9.47 Å². The van der Waals surface area contributed by atoms with Crippen LogP contribution >= 0.6 is 7.26 Å². The number of allylic oxidation sites excluding steroid dienone is 2. The first kappa shape index (κ1) is 27.2. The van der Waals surface area contributed by atoms with Gasteiger partial charge in [0.1, 0.15) is 5.75 Å². The second-order valence-corrected chi connectivity index (χ2v) is 13.2. The summed E-state index contributed by atoms with van der Waals surface area (Å²) in [5.41, 5.74) is 1.20. The third kappa shape index (κ3) is 11.5. The standard InChI is InChI=1S/C27H48O2P/c1-6-9-20-30(21-10-7-2,22-11-8-3)23-12-13-25(4)18-19-29-24-26-14-16-27(28-5)17-15-26/h12-17,25H,6-11,18-24H2,1-5H3/q+1/b13-12-/t25-/m0/s1. The minimum Gasteiger partial charge on any atom is -0.497 e. The van der Waals surface area contributed by atoms with Gasteiger partial charge in [-0.2, -0.15) is 0 Å². The molecular weight excluding hydrogens is 387 g/mol. The molecule has 0 unspecified atom stereocenters.